The normalized spacial score (nSPS) is 16.3. The SMILES string of the molecule is CN(Cc1ccccc1)C(=O)CN1C(=O)N[C@H](Cc2c[nH]c3ccccc23)C1=O. The summed E-state index contributed by atoms with van der Waals surface area (Å²) < 4.78 is 0. The summed E-state index contributed by atoms with van der Waals surface area (Å²) in [5.74, 6) is -0.660. The van der Waals surface area contributed by atoms with Gasteiger partial charge in [-0.15, -0.1) is 0 Å². The van der Waals surface area contributed by atoms with Crippen molar-refractivity contribution in [2.45, 2.75) is 19.0 Å². The number of aromatic nitrogens is 1. The van der Waals surface area contributed by atoms with Crippen LogP contribution in [0.3, 0.4) is 0 Å². The minimum atomic E-state index is -0.672. The van der Waals surface area contributed by atoms with Gasteiger partial charge in [0.1, 0.15) is 12.6 Å². The maximum atomic E-state index is 12.8. The number of likely N-dealkylation sites (N-methyl/N-ethyl adjacent to an activating group) is 1. The summed E-state index contributed by atoms with van der Waals surface area (Å²) in [5.41, 5.74) is 2.92. The van der Waals surface area contributed by atoms with Crippen molar-refractivity contribution in [3.8, 4) is 0 Å². The lowest BCUT2D eigenvalue weighted by atomic mass is 10.1. The third-order valence-corrected chi connectivity index (χ3v) is 5.19. The molecule has 148 valence electrons. The van der Waals surface area contributed by atoms with E-state index in [1.54, 1.807) is 7.05 Å². The smallest absolute Gasteiger partial charge is 0.325 e. The van der Waals surface area contributed by atoms with Crippen LogP contribution in [0.15, 0.2) is 60.8 Å². The summed E-state index contributed by atoms with van der Waals surface area (Å²) in [4.78, 5) is 43.3. The van der Waals surface area contributed by atoms with Crippen molar-refractivity contribution in [2.24, 2.45) is 0 Å². The zero-order valence-electron chi connectivity index (χ0n) is 16.1. The van der Waals surface area contributed by atoms with E-state index < -0.39 is 12.1 Å². The van der Waals surface area contributed by atoms with Crippen molar-refractivity contribution >= 4 is 28.7 Å². The number of imide groups is 1. The Morgan fingerprint density at radius 3 is 2.59 bits per heavy atom. The lowest BCUT2D eigenvalue weighted by Gasteiger charge is -2.20. The number of H-pyrrole nitrogens is 1. The Hall–Kier alpha value is -3.61. The maximum absolute atomic E-state index is 12.8. The number of amides is 4. The summed E-state index contributed by atoms with van der Waals surface area (Å²) in [6.07, 6.45) is 2.23. The van der Waals surface area contributed by atoms with E-state index >= 15 is 0 Å². The summed E-state index contributed by atoms with van der Waals surface area (Å²) in [5, 5.41) is 3.72. The molecular formula is C22H22N4O3. The number of aromatic amines is 1. The van der Waals surface area contributed by atoms with Crippen molar-refractivity contribution in [3.05, 3.63) is 71.9 Å². The van der Waals surface area contributed by atoms with Crippen LogP contribution in [0.5, 0.6) is 0 Å². The number of rotatable bonds is 6. The Bertz CT molecular complexity index is 1060. The Kier molecular flexibility index (Phi) is 5.03. The standard InChI is InChI=1S/C22H22N4O3/c1-25(13-15-7-3-2-4-8-15)20(27)14-26-21(28)19(24-22(26)29)11-16-12-23-18-10-6-5-9-17(16)18/h2-10,12,19,23H,11,13-14H2,1H3,(H,24,29)/t19-/m1/s1. The van der Waals surface area contributed by atoms with Crippen molar-refractivity contribution in [2.75, 3.05) is 13.6 Å². The molecule has 4 rings (SSSR count). The predicted octanol–water partition coefficient (Wildman–Crippen LogP) is 2.29. The van der Waals surface area contributed by atoms with E-state index in [1.807, 2.05) is 60.8 Å². The van der Waals surface area contributed by atoms with Gasteiger partial charge in [-0.2, -0.15) is 0 Å². The van der Waals surface area contributed by atoms with Gasteiger partial charge in [0, 0.05) is 37.1 Å². The van der Waals surface area contributed by atoms with E-state index in [2.05, 4.69) is 10.3 Å². The number of fused-ring (bicyclic) bond motifs is 1. The fourth-order valence-electron chi connectivity index (χ4n) is 3.59. The molecule has 7 nitrogen and oxygen atoms in total. The number of hydrogen-bond acceptors (Lipinski definition) is 3. The number of hydrogen-bond donors (Lipinski definition) is 2. The number of benzene rings is 2. The first-order valence-corrected chi connectivity index (χ1v) is 9.47. The zero-order valence-corrected chi connectivity index (χ0v) is 16.1. The van der Waals surface area contributed by atoms with Crippen LogP contribution in [0.4, 0.5) is 4.79 Å². The Labute approximate surface area is 168 Å². The van der Waals surface area contributed by atoms with Gasteiger partial charge in [0.05, 0.1) is 0 Å². The molecule has 7 heteroatoms. The molecule has 0 aliphatic carbocycles. The van der Waals surface area contributed by atoms with Crippen LogP contribution in [0, 0.1) is 0 Å². The molecule has 3 aromatic rings. The second kappa shape index (κ2) is 7.79. The Morgan fingerprint density at radius 2 is 1.79 bits per heavy atom. The highest BCUT2D eigenvalue weighted by Crippen LogP contribution is 2.21. The molecule has 1 aromatic heterocycles. The fraction of sp³-hybridized carbons (Fsp3) is 0.227. The van der Waals surface area contributed by atoms with E-state index in [4.69, 9.17) is 0 Å². The molecule has 4 amide bonds. The molecule has 0 bridgehead atoms. The van der Waals surface area contributed by atoms with Crippen LogP contribution in [-0.2, 0) is 22.6 Å². The quantitative estimate of drug-likeness (QED) is 0.633. The van der Waals surface area contributed by atoms with Crippen LogP contribution >= 0.6 is 0 Å². The van der Waals surface area contributed by atoms with Gasteiger partial charge in [-0.05, 0) is 17.2 Å². The van der Waals surface area contributed by atoms with Crippen LogP contribution < -0.4 is 5.32 Å². The molecule has 0 spiro atoms. The van der Waals surface area contributed by atoms with Gasteiger partial charge in [-0.1, -0.05) is 48.5 Å². The van der Waals surface area contributed by atoms with E-state index in [-0.39, 0.29) is 18.4 Å². The number of nitrogens with one attached hydrogen (secondary N) is 2. The molecule has 1 atom stereocenters. The number of nitrogens with zero attached hydrogens (tertiary/aromatic N) is 2. The monoisotopic (exact) mass is 390 g/mol. The van der Waals surface area contributed by atoms with Crippen molar-refractivity contribution in [1.29, 1.82) is 0 Å². The van der Waals surface area contributed by atoms with E-state index in [0.29, 0.717) is 13.0 Å². The summed E-state index contributed by atoms with van der Waals surface area (Å²) in [6, 6.07) is 16.2. The first-order valence-electron chi connectivity index (χ1n) is 9.47. The van der Waals surface area contributed by atoms with Gasteiger partial charge in [0.15, 0.2) is 0 Å². The molecular weight excluding hydrogens is 368 g/mol. The molecule has 1 saturated heterocycles. The molecule has 2 N–H and O–H groups in total. The highest BCUT2D eigenvalue weighted by atomic mass is 16.2. The van der Waals surface area contributed by atoms with Crippen LogP contribution in [-0.4, -0.2) is 52.3 Å². The lowest BCUT2D eigenvalue weighted by Crippen LogP contribution is -2.41. The van der Waals surface area contributed by atoms with Gasteiger partial charge in [-0.25, -0.2) is 4.79 Å². The minimum Gasteiger partial charge on any atom is -0.361 e. The number of urea groups is 1. The molecule has 2 heterocycles. The molecule has 29 heavy (non-hydrogen) atoms. The number of carbonyl (C=O) groups is 3. The summed E-state index contributed by atoms with van der Waals surface area (Å²) in [7, 11) is 1.66. The Morgan fingerprint density at radius 1 is 1.07 bits per heavy atom. The summed E-state index contributed by atoms with van der Waals surface area (Å²) in [6.45, 7) is 0.153. The second-order valence-corrected chi connectivity index (χ2v) is 7.23. The van der Waals surface area contributed by atoms with Crippen molar-refractivity contribution < 1.29 is 14.4 Å². The average molecular weight is 390 g/mol. The third-order valence-electron chi connectivity index (χ3n) is 5.19. The lowest BCUT2D eigenvalue weighted by molar-refractivity contribution is -0.136. The maximum Gasteiger partial charge on any atom is 0.325 e. The van der Waals surface area contributed by atoms with Gasteiger partial charge >= 0.3 is 6.03 Å². The number of para-hydroxylation sites is 1. The second-order valence-electron chi connectivity index (χ2n) is 7.23. The van der Waals surface area contributed by atoms with Gasteiger partial charge < -0.3 is 15.2 Å². The predicted molar refractivity (Wildman–Crippen MR) is 109 cm³/mol. The minimum absolute atomic E-state index is 0.265. The highest BCUT2D eigenvalue weighted by molar-refractivity contribution is 6.06. The van der Waals surface area contributed by atoms with E-state index in [0.717, 1.165) is 26.9 Å². The van der Waals surface area contributed by atoms with Gasteiger partial charge in [0.2, 0.25) is 5.91 Å². The van der Waals surface area contributed by atoms with Crippen molar-refractivity contribution in [1.82, 2.24) is 20.1 Å². The average Bonchev–Trinajstić information content (AvgIpc) is 3.25. The van der Waals surface area contributed by atoms with Gasteiger partial charge in [0.25, 0.3) is 5.91 Å². The van der Waals surface area contributed by atoms with Crippen molar-refractivity contribution in [3.63, 3.8) is 0 Å². The third kappa shape index (κ3) is 3.85. The van der Waals surface area contributed by atoms with E-state index in [9.17, 15) is 14.4 Å². The van der Waals surface area contributed by atoms with Crippen LogP contribution in [0.2, 0.25) is 0 Å². The highest BCUT2D eigenvalue weighted by Gasteiger charge is 2.39. The molecule has 1 aliphatic rings. The molecule has 2 aromatic carbocycles. The molecule has 1 fully saturated rings. The number of carbonyl (C=O) groups excluding carboxylic acids is 3. The van der Waals surface area contributed by atoms with Crippen LogP contribution in [0.25, 0.3) is 10.9 Å². The molecule has 0 unspecified atom stereocenters. The Balaban J connectivity index is 1.40. The fourth-order valence-corrected chi connectivity index (χ4v) is 3.59. The first kappa shape index (κ1) is 18.7. The van der Waals surface area contributed by atoms with Gasteiger partial charge in [-0.3, -0.25) is 14.5 Å². The molecule has 0 radical (unpaired) electrons. The molecule has 1 aliphatic heterocycles. The largest absolute Gasteiger partial charge is 0.361 e. The molecule has 0 saturated carbocycles. The first-order chi connectivity index (χ1) is 14.0. The van der Waals surface area contributed by atoms with Crippen LogP contribution in [0.1, 0.15) is 11.1 Å². The van der Waals surface area contributed by atoms with E-state index in [1.165, 1.54) is 4.90 Å². The zero-order chi connectivity index (χ0) is 20.4. The topological polar surface area (TPSA) is 85.5 Å². The summed E-state index contributed by atoms with van der Waals surface area (Å²) >= 11 is 0.